The van der Waals surface area contributed by atoms with Crippen molar-refractivity contribution in [1.82, 2.24) is 19.4 Å². The number of anilines is 2. The minimum absolute atomic E-state index is 0.0952. The highest BCUT2D eigenvalue weighted by Gasteiger charge is 2.40. The standard InChI is InChI=1S/C24H22F4N6O/c1-11-30-22(29)19-14(9-32(2)23(19)31-11)13-5-4-12(8-17(13)27)34-10-18(33(3)24(34)35)20-15(25)6-7-16(26)21(20)28/h4-9,18,24,35H,10H2,1-3H3,(H2,29,30,31). The smallest absolute Gasteiger partial charge is 0.186 e. The molecule has 0 saturated carbocycles. The Labute approximate surface area is 198 Å². The monoisotopic (exact) mass is 486 g/mol. The van der Waals surface area contributed by atoms with Gasteiger partial charge >= 0.3 is 0 Å². The second-order valence-corrected chi connectivity index (χ2v) is 8.61. The number of nitrogen functional groups attached to an aromatic ring is 1. The van der Waals surface area contributed by atoms with E-state index in [2.05, 4.69) is 9.97 Å². The van der Waals surface area contributed by atoms with Crippen molar-refractivity contribution in [3.63, 3.8) is 0 Å². The Morgan fingerprint density at radius 2 is 1.69 bits per heavy atom. The Balaban J connectivity index is 1.53. The third kappa shape index (κ3) is 3.58. The fourth-order valence-electron chi connectivity index (χ4n) is 4.69. The fraction of sp³-hybridized carbons (Fsp3) is 0.250. The van der Waals surface area contributed by atoms with E-state index in [-0.39, 0.29) is 23.6 Å². The summed E-state index contributed by atoms with van der Waals surface area (Å²) in [6.45, 7) is 1.62. The molecule has 182 valence electrons. The zero-order valence-electron chi connectivity index (χ0n) is 19.1. The van der Waals surface area contributed by atoms with Crippen LogP contribution in [0.5, 0.6) is 0 Å². The van der Waals surface area contributed by atoms with Gasteiger partial charge in [-0.1, -0.05) is 0 Å². The molecule has 1 fully saturated rings. The quantitative estimate of drug-likeness (QED) is 0.338. The molecule has 3 heterocycles. The van der Waals surface area contributed by atoms with Crippen molar-refractivity contribution in [2.75, 3.05) is 24.2 Å². The van der Waals surface area contributed by atoms with E-state index < -0.39 is 41.2 Å². The number of hydrogen-bond donors (Lipinski definition) is 2. The molecule has 35 heavy (non-hydrogen) atoms. The van der Waals surface area contributed by atoms with Crippen molar-refractivity contribution in [2.24, 2.45) is 7.05 Å². The molecule has 0 aliphatic carbocycles. The maximum absolute atomic E-state index is 15.4. The summed E-state index contributed by atoms with van der Waals surface area (Å²) in [6.07, 6.45) is 0.383. The molecule has 2 aromatic heterocycles. The SMILES string of the molecule is Cc1nc(N)c2c(-c3ccc(N4CC(c5c(F)ccc(F)c5F)N(C)C4O)cc3F)cn(C)c2n1. The Morgan fingerprint density at radius 1 is 0.971 bits per heavy atom. The number of likely N-dealkylation sites (N-methyl/N-ethyl adjacent to an activating group) is 1. The van der Waals surface area contributed by atoms with Crippen LogP contribution in [0, 0.1) is 30.2 Å². The first-order chi connectivity index (χ1) is 16.6. The van der Waals surface area contributed by atoms with E-state index >= 15 is 4.39 Å². The summed E-state index contributed by atoms with van der Waals surface area (Å²) in [5.41, 5.74) is 7.21. The van der Waals surface area contributed by atoms with Crippen LogP contribution in [-0.4, -0.2) is 44.5 Å². The maximum Gasteiger partial charge on any atom is 0.186 e. The summed E-state index contributed by atoms with van der Waals surface area (Å²) in [5, 5.41) is 11.2. The predicted molar refractivity (Wildman–Crippen MR) is 123 cm³/mol. The molecule has 1 saturated heterocycles. The fourth-order valence-corrected chi connectivity index (χ4v) is 4.69. The maximum atomic E-state index is 15.4. The van der Waals surface area contributed by atoms with Crippen LogP contribution in [0.3, 0.4) is 0 Å². The van der Waals surface area contributed by atoms with E-state index in [4.69, 9.17) is 5.73 Å². The minimum Gasteiger partial charge on any atom is -0.383 e. The van der Waals surface area contributed by atoms with Crippen molar-refractivity contribution in [1.29, 1.82) is 0 Å². The van der Waals surface area contributed by atoms with Crippen molar-refractivity contribution in [2.45, 2.75) is 19.3 Å². The highest BCUT2D eigenvalue weighted by Crippen LogP contribution is 2.39. The minimum atomic E-state index is -1.32. The summed E-state index contributed by atoms with van der Waals surface area (Å²) < 4.78 is 59.7. The number of halogens is 4. The molecule has 7 nitrogen and oxygen atoms in total. The van der Waals surface area contributed by atoms with Crippen LogP contribution in [0.2, 0.25) is 0 Å². The molecule has 0 spiro atoms. The van der Waals surface area contributed by atoms with E-state index in [1.54, 1.807) is 30.8 Å². The van der Waals surface area contributed by atoms with Crippen molar-refractivity contribution in [3.05, 3.63) is 71.2 Å². The van der Waals surface area contributed by atoms with Crippen molar-refractivity contribution in [3.8, 4) is 11.1 Å². The molecule has 11 heteroatoms. The molecule has 3 N–H and O–H groups in total. The van der Waals surface area contributed by atoms with Gasteiger partial charge in [-0.2, -0.15) is 0 Å². The number of nitrogens with two attached hydrogens (primary N) is 1. The average Bonchev–Trinajstić information content (AvgIpc) is 3.28. The number of aryl methyl sites for hydroxylation is 2. The first-order valence-corrected chi connectivity index (χ1v) is 10.8. The highest BCUT2D eigenvalue weighted by atomic mass is 19.2. The number of aromatic nitrogens is 3. The number of benzene rings is 2. The molecule has 2 aromatic carbocycles. The van der Waals surface area contributed by atoms with Gasteiger partial charge in [0.25, 0.3) is 0 Å². The van der Waals surface area contributed by atoms with Crippen LogP contribution in [0.1, 0.15) is 17.4 Å². The van der Waals surface area contributed by atoms with E-state index in [1.807, 2.05) is 0 Å². The van der Waals surface area contributed by atoms with Crippen LogP contribution < -0.4 is 10.6 Å². The average molecular weight is 486 g/mol. The van der Waals surface area contributed by atoms with Crippen LogP contribution in [-0.2, 0) is 7.05 Å². The lowest BCUT2D eigenvalue weighted by atomic mass is 10.0. The summed E-state index contributed by atoms with van der Waals surface area (Å²) >= 11 is 0. The van der Waals surface area contributed by atoms with Gasteiger partial charge in [0.05, 0.1) is 11.4 Å². The second-order valence-electron chi connectivity index (χ2n) is 8.61. The van der Waals surface area contributed by atoms with Gasteiger partial charge in [0.1, 0.15) is 28.9 Å². The van der Waals surface area contributed by atoms with Gasteiger partial charge in [0.15, 0.2) is 18.0 Å². The van der Waals surface area contributed by atoms with E-state index in [0.717, 1.165) is 6.07 Å². The topological polar surface area (TPSA) is 83.4 Å². The zero-order valence-corrected chi connectivity index (χ0v) is 19.1. The van der Waals surface area contributed by atoms with E-state index in [1.165, 1.54) is 29.0 Å². The van der Waals surface area contributed by atoms with Gasteiger partial charge in [0.2, 0.25) is 0 Å². The molecule has 0 amide bonds. The first kappa shape index (κ1) is 23.1. The van der Waals surface area contributed by atoms with Gasteiger partial charge in [-0.15, -0.1) is 0 Å². The van der Waals surface area contributed by atoms with Crippen LogP contribution in [0.25, 0.3) is 22.2 Å². The van der Waals surface area contributed by atoms with Crippen LogP contribution in [0.4, 0.5) is 29.1 Å². The zero-order chi connectivity index (χ0) is 25.2. The van der Waals surface area contributed by atoms with Crippen LogP contribution in [0.15, 0.2) is 36.5 Å². The van der Waals surface area contributed by atoms with Gasteiger partial charge in [0, 0.05) is 42.2 Å². The van der Waals surface area contributed by atoms with Gasteiger partial charge < -0.3 is 20.3 Å². The Kier molecular flexibility index (Phi) is 5.41. The number of aliphatic hydroxyl groups is 1. The molecule has 1 aliphatic rings. The Bertz CT molecular complexity index is 1470. The van der Waals surface area contributed by atoms with Gasteiger partial charge in [-0.05, 0) is 44.3 Å². The number of nitrogens with zero attached hydrogens (tertiary/aromatic N) is 5. The summed E-state index contributed by atoms with van der Waals surface area (Å²) in [5.74, 6) is -3.31. The predicted octanol–water partition coefficient (Wildman–Crippen LogP) is 3.85. The molecule has 4 aromatic rings. The Morgan fingerprint density at radius 3 is 2.40 bits per heavy atom. The lowest BCUT2D eigenvalue weighted by Crippen LogP contribution is -2.36. The molecule has 2 unspecified atom stereocenters. The molecule has 0 bridgehead atoms. The lowest BCUT2D eigenvalue weighted by molar-refractivity contribution is 0.0373. The van der Waals surface area contributed by atoms with Crippen molar-refractivity contribution < 1.29 is 22.7 Å². The molecular weight excluding hydrogens is 464 g/mol. The number of rotatable bonds is 3. The number of hydrogen-bond acceptors (Lipinski definition) is 6. The van der Waals surface area contributed by atoms with E-state index in [0.29, 0.717) is 28.5 Å². The van der Waals surface area contributed by atoms with E-state index in [9.17, 15) is 18.3 Å². The molecule has 1 aliphatic heterocycles. The molecule has 0 radical (unpaired) electrons. The molecular formula is C24H22F4N6O. The van der Waals surface area contributed by atoms with Crippen LogP contribution >= 0.6 is 0 Å². The van der Waals surface area contributed by atoms with Gasteiger partial charge in [-0.25, -0.2) is 27.5 Å². The third-order valence-electron chi connectivity index (χ3n) is 6.45. The van der Waals surface area contributed by atoms with Crippen molar-refractivity contribution >= 4 is 22.5 Å². The first-order valence-electron chi connectivity index (χ1n) is 10.8. The molecule has 2 atom stereocenters. The highest BCUT2D eigenvalue weighted by molar-refractivity contribution is 6.01. The largest absolute Gasteiger partial charge is 0.383 e. The third-order valence-corrected chi connectivity index (χ3v) is 6.45. The summed E-state index contributed by atoms with van der Waals surface area (Å²) in [7, 11) is 3.22. The summed E-state index contributed by atoms with van der Waals surface area (Å²) in [4.78, 5) is 11.2. The second kappa shape index (κ2) is 8.21. The number of fused-ring (bicyclic) bond motifs is 1. The summed E-state index contributed by atoms with van der Waals surface area (Å²) in [6, 6.07) is 4.88. The lowest BCUT2D eigenvalue weighted by Gasteiger charge is -2.25. The molecule has 5 rings (SSSR count). The Hall–Kier alpha value is -3.70. The van der Waals surface area contributed by atoms with Gasteiger partial charge in [-0.3, -0.25) is 4.90 Å². The number of aliphatic hydroxyl groups excluding tert-OH is 1. The normalized spacial score (nSPS) is 18.7.